The van der Waals surface area contributed by atoms with E-state index in [9.17, 15) is 0 Å². The van der Waals surface area contributed by atoms with Crippen LogP contribution in [0.1, 0.15) is 41.9 Å². The van der Waals surface area contributed by atoms with Gasteiger partial charge in [-0.3, -0.25) is 4.90 Å². The van der Waals surface area contributed by atoms with Crippen LogP contribution in [-0.2, 0) is 13.0 Å². The number of hydrogen-bond donors (Lipinski definition) is 2. The Morgan fingerprint density at radius 3 is 2.93 bits per heavy atom. The number of nitrogens with zero attached hydrogens (tertiary/aromatic N) is 4. The first-order valence-corrected chi connectivity index (χ1v) is 11.1. The predicted octanol–water partition coefficient (Wildman–Crippen LogP) is 4.55. The SMILES string of the molecule is Cc1cccc(Nc2nc(N)nc(CN3CCCCC3CCc3cccs3)n2)c1. The van der Waals surface area contributed by atoms with Gasteiger partial charge < -0.3 is 11.1 Å². The van der Waals surface area contributed by atoms with Crippen molar-refractivity contribution in [1.29, 1.82) is 0 Å². The maximum Gasteiger partial charge on any atom is 0.232 e. The Morgan fingerprint density at radius 1 is 1.17 bits per heavy atom. The molecule has 1 unspecified atom stereocenters. The summed E-state index contributed by atoms with van der Waals surface area (Å²) in [5, 5.41) is 5.42. The van der Waals surface area contributed by atoms with Gasteiger partial charge >= 0.3 is 0 Å². The largest absolute Gasteiger partial charge is 0.368 e. The van der Waals surface area contributed by atoms with Crippen LogP contribution < -0.4 is 11.1 Å². The average molecular weight is 409 g/mol. The number of aryl methyl sites for hydroxylation is 2. The van der Waals surface area contributed by atoms with E-state index in [-0.39, 0.29) is 5.95 Å². The third-order valence-corrected chi connectivity index (χ3v) is 6.31. The minimum Gasteiger partial charge on any atom is -0.368 e. The van der Waals surface area contributed by atoms with Crippen LogP contribution in [0.4, 0.5) is 17.6 Å². The molecule has 152 valence electrons. The van der Waals surface area contributed by atoms with Crippen LogP contribution in [0.15, 0.2) is 41.8 Å². The molecule has 0 radical (unpaired) electrons. The van der Waals surface area contributed by atoms with E-state index >= 15 is 0 Å². The Balaban J connectivity index is 1.44. The normalized spacial score (nSPS) is 17.3. The van der Waals surface area contributed by atoms with Crippen LogP contribution in [-0.4, -0.2) is 32.4 Å². The molecule has 2 aromatic heterocycles. The van der Waals surface area contributed by atoms with E-state index in [4.69, 9.17) is 5.73 Å². The van der Waals surface area contributed by atoms with E-state index < -0.39 is 0 Å². The van der Waals surface area contributed by atoms with Crippen LogP contribution in [0.3, 0.4) is 0 Å². The highest BCUT2D eigenvalue weighted by Gasteiger charge is 2.23. The van der Waals surface area contributed by atoms with Gasteiger partial charge in [0.1, 0.15) is 5.82 Å². The third-order valence-electron chi connectivity index (χ3n) is 5.37. The maximum absolute atomic E-state index is 5.99. The summed E-state index contributed by atoms with van der Waals surface area (Å²) in [5.74, 6) is 1.50. The molecule has 29 heavy (non-hydrogen) atoms. The van der Waals surface area contributed by atoms with E-state index in [1.807, 2.05) is 23.5 Å². The van der Waals surface area contributed by atoms with Crippen molar-refractivity contribution in [2.45, 2.75) is 51.6 Å². The standard InChI is InChI=1S/C22H28N6S/c1-16-6-4-7-17(14-16)24-22-26-20(25-21(23)27-22)15-28-12-3-2-8-18(28)10-11-19-9-5-13-29-19/h4-7,9,13-14,18H,2-3,8,10-12,15H2,1H3,(H3,23,24,25,26,27). The molecule has 4 rings (SSSR count). The Morgan fingerprint density at radius 2 is 2.10 bits per heavy atom. The fourth-order valence-electron chi connectivity index (χ4n) is 3.96. The molecule has 0 bridgehead atoms. The van der Waals surface area contributed by atoms with E-state index in [1.165, 1.54) is 36.1 Å². The van der Waals surface area contributed by atoms with Gasteiger partial charge in [-0.2, -0.15) is 15.0 Å². The Labute approximate surface area is 176 Å². The molecule has 1 saturated heterocycles. The van der Waals surface area contributed by atoms with Crippen LogP contribution in [0.5, 0.6) is 0 Å². The second-order valence-corrected chi connectivity index (χ2v) is 8.70. The number of likely N-dealkylation sites (tertiary alicyclic amines) is 1. The minimum atomic E-state index is 0.261. The molecule has 3 heterocycles. The van der Waals surface area contributed by atoms with Gasteiger partial charge in [0.2, 0.25) is 11.9 Å². The van der Waals surface area contributed by atoms with Gasteiger partial charge in [0, 0.05) is 16.6 Å². The second kappa shape index (κ2) is 9.33. The summed E-state index contributed by atoms with van der Waals surface area (Å²) in [7, 11) is 0. The highest BCUT2D eigenvalue weighted by atomic mass is 32.1. The molecule has 1 aromatic carbocycles. The van der Waals surface area contributed by atoms with Crippen molar-refractivity contribution in [2.24, 2.45) is 0 Å². The fourth-order valence-corrected chi connectivity index (χ4v) is 4.68. The van der Waals surface area contributed by atoms with Crippen molar-refractivity contribution in [2.75, 3.05) is 17.6 Å². The number of rotatable bonds is 7. The molecule has 0 aliphatic carbocycles. The van der Waals surface area contributed by atoms with Gasteiger partial charge in [-0.15, -0.1) is 11.3 Å². The van der Waals surface area contributed by atoms with Crippen molar-refractivity contribution in [1.82, 2.24) is 19.9 Å². The number of aromatic nitrogens is 3. The molecule has 1 fully saturated rings. The molecule has 6 nitrogen and oxygen atoms in total. The number of nitrogen functional groups attached to an aromatic ring is 1. The Kier molecular flexibility index (Phi) is 6.36. The van der Waals surface area contributed by atoms with Crippen molar-refractivity contribution in [3.05, 3.63) is 58.0 Å². The number of piperidine rings is 1. The highest BCUT2D eigenvalue weighted by Crippen LogP contribution is 2.24. The summed E-state index contributed by atoms with van der Waals surface area (Å²) < 4.78 is 0. The zero-order chi connectivity index (χ0) is 20.1. The summed E-state index contributed by atoms with van der Waals surface area (Å²) in [5.41, 5.74) is 8.12. The maximum atomic E-state index is 5.99. The summed E-state index contributed by atoms with van der Waals surface area (Å²) in [4.78, 5) is 17.3. The summed E-state index contributed by atoms with van der Waals surface area (Å²) in [6.45, 7) is 3.86. The first kappa shape index (κ1) is 19.8. The van der Waals surface area contributed by atoms with Crippen molar-refractivity contribution in [3.8, 4) is 0 Å². The molecule has 7 heteroatoms. The topological polar surface area (TPSA) is 80.0 Å². The fraction of sp³-hybridized carbons (Fsp3) is 0.409. The van der Waals surface area contributed by atoms with Crippen molar-refractivity contribution < 1.29 is 0 Å². The predicted molar refractivity (Wildman–Crippen MR) is 119 cm³/mol. The highest BCUT2D eigenvalue weighted by molar-refractivity contribution is 7.09. The number of benzene rings is 1. The number of nitrogens with one attached hydrogen (secondary N) is 1. The lowest BCUT2D eigenvalue weighted by Crippen LogP contribution is -2.39. The average Bonchev–Trinajstić information content (AvgIpc) is 3.20. The molecule has 0 saturated carbocycles. The Hall–Kier alpha value is -2.51. The zero-order valence-electron chi connectivity index (χ0n) is 16.8. The number of anilines is 3. The van der Waals surface area contributed by atoms with Gasteiger partial charge in [-0.1, -0.05) is 24.6 Å². The van der Waals surface area contributed by atoms with Crippen LogP contribution in [0.2, 0.25) is 0 Å². The molecule has 0 amide bonds. The number of nitrogens with two attached hydrogens (primary N) is 1. The Bertz CT molecular complexity index is 927. The molecular formula is C22H28N6S. The quantitative estimate of drug-likeness (QED) is 0.597. The monoisotopic (exact) mass is 408 g/mol. The van der Waals surface area contributed by atoms with Crippen LogP contribution in [0, 0.1) is 6.92 Å². The first-order chi connectivity index (χ1) is 14.2. The minimum absolute atomic E-state index is 0.261. The van der Waals surface area contributed by atoms with E-state index in [0.717, 1.165) is 24.5 Å². The summed E-state index contributed by atoms with van der Waals surface area (Å²) in [6.07, 6.45) is 6.07. The molecule has 3 aromatic rings. The van der Waals surface area contributed by atoms with E-state index in [1.54, 1.807) is 0 Å². The lowest BCUT2D eigenvalue weighted by atomic mass is 9.97. The molecule has 0 spiro atoms. The van der Waals surface area contributed by atoms with Crippen molar-refractivity contribution in [3.63, 3.8) is 0 Å². The van der Waals surface area contributed by atoms with E-state index in [2.05, 4.69) is 61.7 Å². The molecule has 3 N–H and O–H groups in total. The van der Waals surface area contributed by atoms with Gasteiger partial charge in [0.25, 0.3) is 0 Å². The van der Waals surface area contributed by atoms with Gasteiger partial charge in [-0.05, 0) is 68.3 Å². The second-order valence-electron chi connectivity index (χ2n) is 7.67. The lowest BCUT2D eigenvalue weighted by molar-refractivity contribution is 0.129. The number of thiophene rings is 1. The molecule has 1 aliphatic rings. The van der Waals surface area contributed by atoms with Gasteiger partial charge in [-0.25, -0.2) is 0 Å². The molecule has 1 atom stereocenters. The molecular weight excluding hydrogens is 380 g/mol. The van der Waals surface area contributed by atoms with Gasteiger partial charge in [0.15, 0.2) is 0 Å². The molecule has 1 aliphatic heterocycles. The lowest BCUT2D eigenvalue weighted by Gasteiger charge is -2.35. The van der Waals surface area contributed by atoms with Crippen LogP contribution >= 0.6 is 11.3 Å². The van der Waals surface area contributed by atoms with E-state index in [0.29, 0.717) is 18.5 Å². The van der Waals surface area contributed by atoms with Crippen LogP contribution in [0.25, 0.3) is 0 Å². The number of hydrogen-bond acceptors (Lipinski definition) is 7. The van der Waals surface area contributed by atoms with Crippen molar-refractivity contribution >= 4 is 28.9 Å². The third kappa shape index (κ3) is 5.52. The first-order valence-electron chi connectivity index (χ1n) is 10.3. The smallest absolute Gasteiger partial charge is 0.232 e. The summed E-state index contributed by atoms with van der Waals surface area (Å²) in [6, 6.07) is 13.1. The van der Waals surface area contributed by atoms with Gasteiger partial charge in [0.05, 0.1) is 6.54 Å². The zero-order valence-corrected chi connectivity index (χ0v) is 17.7. The summed E-state index contributed by atoms with van der Waals surface area (Å²) >= 11 is 1.85.